The molecule has 2 rings (SSSR count). The zero-order chi connectivity index (χ0) is 15.6. The average molecular weight is 371 g/mol. The van der Waals surface area contributed by atoms with Crippen molar-refractivity contribution in [2.24, 2.45) is 5.84 Å². The molecule has 1 heterocycles. The maximum absolute atomic E-state index is 12.8. The summed E-state index contributed by atoms with van der Waals surface area (Å²) >= 11 is 3.22. The van der Waals surface area contributed by atoms with Gasteiger partial charge in [0.1, 0.15) is 4.90 Å². The van der Waals surface area contributed by atoms with Crippen LogP contribution in [0.5, 0.6) is 0 Å². The molecular weight excluding hydrogens is 356 g/mol. The minimum atomic E-state index is -3.78. The summed E-state index contributed by atoms with van der Waals surface area (Å²) in [4.78, 5) is 3.98. The number of halogens is 1. The van der Waals surface area contributed by atoms with Gasteiger partial charge in [0.15, 0.2) is 5.82 Å². The third kappa shape index (κ3) is 3.02. The largest absolute Gasteiger partial charge is 0.307 e. The van der Waals surface area contributed by atoms with Crippen LogP contribution in [-0.4, -0.2) is 20.4 Å². The molecule has 112 valence electrons. The van der Waals surface area contributed by atoms with Gasteiger partial charge in [-0.05, 0) is 40.5 Å². The Balaban J connectivity index is 2.57. The van der Waals surface area contributed by atoms with Gasteiger partial charge in [0.2, 0.25) is 0 Å². The van der Waals surface area contributed by atoms with Gasteiger partial charge < -0.3 is 5.43 Å². The normalized spacial score (nSPS) is 11.2. The van der Waals surface area contributed by atoms with Crippen LogP contribution in [0, 0.1) is 6.92 Å². The molecule has 3 N–H and O–H groups in total. The number of hydrogen-bond acceptors (Lipinski definition) is 5. The third-order valence-corrected chi connectivity index (χ3v) is 5.27. The Labute approximate surface area is 132 Å². The number of aromatic nitrogens is 1. The number of anilines is 2. The lowest BCUT2D eigenvalue weighted by Crippen LogP contribution is -2.28. The maximum Gasteiger partial charge on any atom is 0.267 e. The number of pyridine rings is 1. The summed E-state index contributed by atoms with van der Waals surface area (Å²) in [6, 6.07) is 8.70. The number of aryl methyl sites for hydroxylation is 1. The van der Waals surface area contributed by atoms with Crippen LogP contribution in [0.4, 0.5) is 11.5 Å². The Morgan fingerprint density at radius 3 is 2.62 bits per heavy atom. The van der Waals surface area contributed by atoms with Crippen LogP contribution in [0.25, 0.3) is 0 Å². The molecule has 6 nitrogen and oxygen atoms in total. The molecule has 8 heteroatoms. The maximum atomic E-state index is 12.8. The van der Waals surface area contributed by atoms with Crippen LogP contribution >= 0.6 is 15.9 Å². The highest BCUT2D eigenvalue weighted by Crippen LogP contribution is 2.29. The summed E-state index contributed by atoms with van der Waals surface area (Å²) in [7, 11) is -2.28. The lowest BCUT2D eigenvalue weighted by atomic mass is 10.2. The highest BCUT2D eigenvalue weighted by Gasteiger charge is 2.26. The van der Waals surface area contributed by atoms with Crippen molar-refractivity contribution >= 4 is 37.5 Å². The zero-order valence-corrected chi connectivity index (χ0v) is 13.9. The number of nitrogens with one attached hydrogen (secondary N) is 1. The second-order valence-corrected chi connectivity index (χ2v) is 7.26. The Kier molecular flexibility index (Phi) is 4.50. The van der Waals surface area contributed by atoms with Crippen molar-refractivity contribution in [1.82, 2.24) is 4.98 Å². The van der Waals surface area contributed by atoms with Crippen molar-refractivity contribution in [3.8, 4) is 0 Å². The molecule has 0 atom stereocenters. The summed E-state index contributed by atoms with van der Waals surface area (Å²) in [6.45, 7) is 1.85. The number of para-hydroxylation sites is 1. The second-order valence-electron chi connectivity index (χ2n) is 4.40. The van der Waals surface area contributed by atoms with E-state index in [0.717, 1.165) is 5.56 Å². The summed E-state index contributed by atoms with van der Waals surface area (Å²) < 4.78 is 27.3. The van der Waals surface area contributed by atoms with Crippen molar-refractivity contribution in [3.63, 3.8) is 0 Å². The Morgan fingerprint density at radius 2 is 2.00 bits per heavy atom. The summed E-state index contributed by atoms with van der Waals surface area (Å²) in [5.74, 6) is 5.45. The molecular formula is C13H15BrN4O2S. The minimum absolute atomic E-state index is 0.00475. The third-order valence-electron chi connectivity index (χ3n) is 3.05. The first-order valence-corrected chi connectivity index (χ1v) is 8.28. The minimum Gasteiger partial charge on any atom is -0.307 e. The smallest absolute Gasteiger partial charge is 0.267 e. The number of sulfonamides is 1. The Morgan fingerprint density at radius 1 is 1.33 bits per heavy atom. The van der Waals surface area contributed by atoms with E-state index in [1.807, 2.05) is 19.1 Å². The lowest BCUT2D eigenvalue weighted by molar-refractivity contribution is 0.594. The number of hydrogen-bond donors (Lipinski definition) is 2. The van der Waals surface area contributed by atoms with E-state index < -0.39 is 10.0 Å². The fraction of sp³-hybridized carbons (Fsp3) is 0.154. The molecule has 0 aliphatic heterocycles. The first kappa shape index (κ1) is 15.7. The molecule has 0 aliphatic rings. The van der Waals surface area contributed by atoms with Crippen molar-refractivity contribution in [1.29, 1.82) is 0 Å². The number of benzene rings is 1. The molecule has 0 spiro atoms. The van der Waals surface area contributed by atoms with Crippen molar-refractivity contribution in [2.45, 2.75) is 11.8 Å². The number of nitrogens with two attached hydrogens (primary N) is 1. The molecule has 0 aliphatic carbocycles. The second kappa shape index (κ2) is 6.00. The van der Waals surface area contributed by atoms with E-state index >= 15 is 0 Å². The molecule has 0 unspecified atom stereocenters. The van der Waals surface area contributed by atoms with Crippen LogP contribution in [-0.2, 0) is 10.0 Å². The van der Waals surface area contributed by atoms with Crippen LogP contribution in [0.2, 0.25) is 0 Å². The van der Waals surface area contributed by atoms with Crippen LogP contribution < -0.4 is 15.6 Å². The van der Waals surface area contributed by atoms with Gasteiger partial charge >= 0.3 is 0 Å². The quantitative estimate of drug-likeness (QED) is 0.636. The summed E-state index contributed by atoms with van der Waals surface area (Å²) in [5, 5.41) is 0. The van der Waals surface area contributed by atoms with E-state index in [1.165, 1.54) is 23.6 Å². The fourth-order valence-electron chi connectivity index (χ4n) is 1.92. The van der Waals surface area contributed by atoms with Gasteiger partial charge in [-0.3, -0.25) is 4.31 Å². The topological polar surface area (TPSA) is 88.3 Å². The molecule has 0 radical (unpaired) electrons. The number of nitrogen functional groups attached to an aromatic ring is 1. The van der Waals surface area contributed by atoms with Crippen molar-refractivity contribution in [3.05, 3.63) is 46.6 Å². The summed E-state index contributed by atoms with van der Waals surface area (Å²) in [5.41, 5.74) is 3.77. The molecule has 1 aromatic carbocycles. The average Bonchev–Trinajstić information content (AvgIpc) is 2.47. The number of rotatable bonds is 4. The van der Waals surface area contributed by atoms with Crippen LogP contribution in [0.3, 0.4) is 0 Å². The van der Waals surface area contributed by atoms with Gasteiger partial charge in [0.05, 0.1) is 5.69 Å². The van der Waals surface area contributed by atoms with Gasteiger partial charge in [-0.25, -0.2) is 19.2 Å². The highest BCUT2D eigenvalue weighted by atomic mass is 79.9. The van der Waals surface area contributed by atoms with Crippen LogP contribution in [0.15, 0.2) is 45.9 Å². The molecule has 0 saturated carbocycles. The Hall–Kier alpha value is -1.64. The molecule has 0 amide bonds. The number of nitrogens with zero attached hydrogens (tertiary/aromatic N) is 2. The standard InChI is InChI=1S/C13H15BrN4O2S/c1-9-5-3-4-6-11(9)18(2)21(19,20)12-7-10(14)8-16-13(12)17-15/h3-8H,15H2,1-2H3,(H,16,17). The Bertz CT molecular complexity index is 765. The molecule has 2 aromatic rings. The van der Waals surface area contributed by atoms with Gasteiger partial charge in [-0.1, -0.05) is 18.2 Å². The van der Waals surface area contributed by atoms with Gasteiger partial charge in [0.25, 0.3) is 10.0 Å². The van der Waals surface area contributed by atoms with E-state index in [4.69, 9.17) is 5.84 Å². The van der Waals surface area contributed by atoms with E-state index in [9.17, 15) is 8.42 Å². The molecule has 0 bridgehead atoms. The first-order valence-electron chi connectivity index (χ1n) is 6.04. The monoisotopic (exact) mass is 370 g/mol. The number of hydrazine groups is 1. The highest BCUT2D eigenvalue weighted by molar-refractivity contribution is 9.10. The molecule has 0 fully saturated rings. The summed E-state index contributed by atoms with van der Waals surface area (Å²) in [6.07, 6.45) is 1.47. The van der Waals surface area contributed by atoms with Crippen molar-refractivity contribution < 1.29 is 8.42 Å². The van der Waals surface area contributed by atoms with E-state index in [2.05, 4.69) is 26.3 Å². The fourth-order valence-corrected chi connectivity index (χ4v) is 3.79. The molecule has 21 heavy (non-hydrogen) atoms. The van der Waals surface area contributed by atoms with Crippen molar-refractivity contribution in [2.75, 3.05) is 16.8 Å². The predicted molar refractivity (Wildman–Crippen MR) is 86.5 cm³/mol. The first-order chi connectivity index (χ1) is 9.87. The van der Waals surface area contributed by atoms with Gasteiger partial charge in [0, 0.05) is 17.7 Å². The van der Waals surface area contributed by atoms with E-state index in [0.29, 0.717) is 10.2 Å². The SMILES string of the molecule is Cc1ccccc1N(C)S(=O)(=O)c1cc(Br)cnc1NN. The predicted octanol–water partition coefficient (Wildman–Crippen LogP) is 2.26. The van der Waals surface area contributed by atoms with E-state index in [1.54, 1.807) is 12.1 Å². The molecule has 0 saturated heterocycles. The molecule has 1 aromatic heterocycles. The van der Waals surface area contributed by atoms with Crippen LogP contribution in [0.1, 0.15) is 5.56 Å². The lowest BCUT2D eigenvalue weighted by Gasteiger charge is -2.22. The van der Waals surface area contributed by atoms with Gasteiger partial charge in [-0.2, -0.15) is 0 Å². The van der Waals surface area contributed by atoms with Gasteiger partial charge in [-0.15, -0.1) is 0 Å². The van der Waals surface area contributed by atoms with E-state index in [-0.39, 0.29) is 10.7 Å². The zero-order valence-electron chi connectivity index (χ0n) is 11.5.